The largest absolute Gasteiger partial charge is 0.496 e. The third kappa shape index (κ3) is 1.97. The standard InChI is InChI=1S/C15H20O2/c1-9-6-10-7-13(17-5)12(15(2,3)4)8-11(10)14(9)16/h7-9H,6H2,1-5H3/t9-/m1/s1. The molecule has 1 aliphatic rings. The predicted octanol–water partition coefficient (Wildman–Crippen LogP) is 3.37. The average Bonchev–Trinajstić information content (AvgIpc) is 2.51. The van der Waals surface area contributed by atoms with Crippen LogP contribution < -0.4 is 4.74 Å². The predicted molar refractivity (Wildman–Crippen MR) is 68.9 cm³/mol. The van der Waals surface area contributed by atoms with Gasteiger partial charge in [0, 0.05) is 17.0 Å². The van der Waals surface area contributed by atoms with Crippen molar-refractivity contribution in [3.05, 3.63) is 28.8 Å². The summed E-state index contributed by atoms with van der Waals surface area (Å²) in [7, 11) is 1.69. The van der Waals surface area contributed by atoms with Crippen LogP contribution in [0, 0.1) is 5.92 Å². The molecule has 0 amide bonds. The molecule has 0 N–H and O–H groups in total. The molecular formula is C15H20O2. The van der Waals surface area contributed by atoms with Gasteiger partial charge in [0.2, 0.25) is 0 Å². The van der Waals surface area contributed by atoms with Crippen molar-refractivity contribution in [3.8, 4) is 5.75 Å². The molecule has 2 heteroatoms. The van der Waals surface area contributed by atoms with Crippen LogP contribution >= 0.6 is 0 Å². The number of benzene rings is 1. The van der Waals surface area contributed by atoms with E-state index in [9.17, 15) is 4.79 Å². The summed E-state index contributed by atoms with van der Waals surface area (Å²) < 4.78 is 5.46. The van der Waals surface area contributed by atoms with Gasteiger partial charge >= 0.3 is 0 Å². The lowest BCUT2D eigenvalue weighted by Gasteiger charge is -2.23. The molecule has 1 aliphatic carbocycles. The van der Waals surface area contributed by atoms with Crippen molar-refractivity contribution in [2.75, 3.05) is 7.11 Å². The zero-order valence-corrected chi connectivity index (χ0v) is 11.3. The van der Waals surface area contributed by atoms with E-state index in [1.54, 1.807) is 7.11 Å². The maximum Gasteiger partial charge on any atom is 0.166 e. The number of methoxy groups -OCH3 is 1. The van der Waals surface area contributed by atoms with E-state index in [0.29, 0.717) is 0 Å². The van der Waals surface area contributed by atoms with Crippen LogP contribution in [0.15, 0.2) is 12.1 Å². The molecule has 0 bridgehead atoms. The van der Waals surface area contributed by atoms with Gasteiger partial charge in [-0.25, -0.2) is 0 Å². The maximum atomic E-state index is 12.0. The normalized spacial score (nSPS) is 19.4. The van der Waals surface area contributed by atoms with Crippen molar-refractivity contribution in [1.82, 2.24) is 0 Å². The number of carbonyl (C=O) groups excluding carboxylic acids is 1. The highest BCUT2D eigenvalue weighted by molar-refractivity contribution is 6.02. The van der Waals surface area contributed by atoms with Crippen LogP contribution in [0.2, 0.25) is 0 Å². The van der Waals surface area contributed by atoms with E-state index < -0.39 is 0 Å². The fourth-order valence-corrected chi connectivity index (χ4v) is 2.46. The quantitative estimate of drug-likeness (QED) is 0.742. The zero-order chi connectivity index (χ0) is 12.8. The van der Waals surface area contributed by atoms with E-state index in [1.165, 1.54) is 0 Å². The Hall–Kier alpha value is -1.31. The Bertz CT molecular complexity index is 467. The van der Waals surface area contributed by atoms with Crippen LogP contribution in [-0.2, 0) is 11.8 Å². The first kappa shape index (κ1) is 12.2. The Morgan fingerprint density at radius 2 is 1.94 bits per heavy atom. The smallest absolute Gasteiger partial charge is 0.166 e. The number of carbonyl (C=O) groups is 1. The number of hydrogen-bond acceptors (Lipinski definition) is 2. The molecule has 1 aromatic rings. The monoisotopic (exact) mass is 232 g/mol. The molecule has 1 aromatic carbocycles. The number of ether oxygens (including phenoxy) is 1. The topological polar surface area (TPSA) is 26.3 Å². The van der Waals surface area contributed by atoms with Crippen LogP contribution in [-0.4, -0.2) is 12.9 Å². The van der Waals surface area contributed by atoms with Gasteiger partial charge in [-0.15, -0.1) is 0 Å². The number of fused-ring (bicyclic) bond motifs is 1. The van der Waals surface area contributed by atoms with Crippen LogP contribution in [0.25, 0.3) is 0 Å². The van der Waals surface area contributed by atoms with Gasteiger partial charge in [0.15, 0.2) is 5.78 Å². The molecule has 0 radical (unpaired) electrons. The molecule has 2 nitrogen and oxygen atoms in total. The number of Topliss-reactive ketones (excluding diaryl/α,β-unsaturated/α-hetero) is 1. The van der Waals surface area contributed by atoms with Crippen LogP contribution in [0.1, 0.15) is 49.2 Å². The number of rotatable bonds is 1. The second-order valence-corrected chi connectivity index (χ2v) is 5.93. The summed E-state index contributed by atoms with van der Waals surface area (Å²) in [5, 5.41) is 0. The van der Waals surface area contributed by atoms with Crippen molar-refractivity contribution >= 4 is 5.78 Å². The van der Waals surface area contributed by atoms with E-state index in [1.807, 2.05) is 19.1 Å². The summed E-state index contributed by atoms with van der Waals surface area (Å²) in [5.74, 6) is 1.29. The molecule has 92 valence electrons. The fraction of sp³-hybridized carbons (Fsp3) is 0.533. The van der Waals surface area contributed by atoms with Gasteiger partial charge in [0.05, 0.1) is 7.11 Å². The van der Waals surface area contributed by atoms with Crippen molar-refractivity contribution in [2.45, 2.75) is 39.5 Å². The van der Waals surface area contributed by atoms with Gasteiger partial charge in [-0.1, -0.05) is 27.7 Å². The third-order valence-electron chi connectivity index (χ3n) is 3.47. The number of hydrogen-bond donors (Lipinski definition) is 0. The van der Waals surface area contributed by atoms with Crippen LogP contribution in [0.5, 0.6) is 5.75 Å². The molecule has 0 fully saturated rings. The Labute approximate surface area is 103 Å². The van der Waals surface area contributed by atoms with Crippen LogP contribution in [0.4, 0.5) is 0 Å². The lowest BCUT2D eigenvalue weighted by Crippen LogP contribution is -2.14. The molecule has 0 saturated carbocycles. The minimum Gasteiger partial charge on any atom is -0.496 e. The molecule has 1 atom stereocenters. The van der Waals surface area contributed by atoms with E-state index in [4.69, 9.17) is 4.74 Å². The summed E-state index contributed by atoms with van der Waals surface area (Å²) in [4.78, 5) is 12.0. The first-order valence-corrected chi connectivity index (χ1v) is 6.10. The summed E-state index contributed by atoms with van der Waals surface area (Å²) in [6, 6.07) is 4.07. The summed E-state index contributed by atoms with van der Waals surface area (Å²) >= 11 is 0. The lowest BCUT2D eigenvalue weighted by atomic mass is 9.84. The summed E-state index contributed by atoms with van der Waals surface area (Å²) in [6.07, 6.45) is 0.842. The van der Waals surface area contributed by atoms with Crippen molar-refractivity contribution in [3.63, 3.8) is 0 Å². The highest BCUT2D eigenvalue weighted by Crippen LogP contribution is 2.37. The SMILES string of the molecule is COc1cc2c(cc1C(C)(C)C)C(=O)[C@H](C)C2. The molecule has 0 heterocycles. The van der Waals surface area contributed by atoms with E-state index in [-0.39, 0.29) is 17.1 Å². The molecule has 0 aromatic heterocycles. The first-order valence-electron chi connectivity index (χ1n) is 6.10. The molecule has 0 spiro atoms. The molecule has 0 aliphatic heterocycles. The highest BCUT2D eigenvalue weighted by atomic mass is 16.5. The Kier molecular flexibility index (Phi) is 2.76. The van der Waals surface area contributed by atoms with Crippen molar-refractivity contribution in [2.24, 2.45) is 5.92 Å². The van der Waals surface area contributed by atoms with Gasteiger partial charge in [0.25, 0.3) is 0 Å². The Morgan fingerprint density at radius 3 is 2.47 bits per heavy atom. The van der Waals surface area contributed by atoms with Crippen molar-refractivity contribution in [1.29, 1.82) is 0 Å². The molecule has 2 rings (SSSR count). The molecule has 17 heavy (non-hydrogen) atoms. The Morgan fingerprint density at radius 1 is 1.29 bits per heavy atom. The van der Waals surface area contributed by atoms with E-state index in [0.717, 1.165) is 28.9 Å². The second-order valence-electron chi connectivity index (χ2n) is 5.93. The number of ketones is 1. The highest BCUT2D eigenvalue weighted by Gasteiger charge is 2.30. The average molecular weight is 232 g/mol. The minimum absolute atomic E-state index is 0.00746. The fourth-order valence-electron chi connectivity index (χ4n) is 2.46. The summed E-state index contributed by atoms with van der Waals surface area (Å²) in [5.41, 5.74) is 3.13. The van der Waals surface area contributed by atoms with E-state index >= 15 is 0 Å². The Balaban J connectivity index is 2.61. The zero-order valence-electron chi connectivity index (χ0n) is 11.3. The van der Waals surface area contributed by atoms with Gasteiger partial charge in [-0.3, -0.25) is 4.79 Å². The van der Waals surface area contributed by atoms with Gasteiger partial charge in [-0.05, 0) is 29.5 Å². The second kappa shape index (κ2) is 3.86. The van der Waals surface area contributed by atoms with Crippen LogP contribution in [0.3, 0.4) is 0 Å². The molecule has 0 saturated heterocycles. The lowest BCUT2D eigenvalue weighted by molar-refractivity contribution is 0.0946. The van der Waals surface area contributed by atoms with Gasteiger partial charge in [0.1, 0.15) is 5.75 Å². The molecular weight excluding hydrogens is 212 g/mol. The van der Waals surface area contributed by atoms with Crippen molar-refractivity contribution < 1.29 is 9.53 Å². The van der Waals surface area contributed by atoms with Gasteiger partial charge in [-0.2, -0.15) is 0 Å². The maximum absolute atomic E-state index is 12.0. The molecule has 0 unspecified atom stereocenters. The van der Waals surface area contributed by atoms with Gasteiger partial charge < -0.3 is 4.74 Å². The minimum atomic E-state index is -0.00746. The third-order valence-corrected chi connectivity index (χ3v) is 3.47. The van der Waals surface area contributed by atoms with E-state index in [2.05, 4.69) is 20.8 Å². The summed E-state index contributed by atoms with van der Waals surface area (Å²) in [6.45, 7) is 8.41. The first-order chi connectivity index (χ1) is 7.84.